The predicted octanol–water partition coefficient (Wildman–Crippen LogP) is 4.12. The minimum Gasteiger partial charge on any atom is -0.507 e. The Morgan fingerprint density at radius 2 is 1.78 bits per heavy atom. The molecule has 1 aliphatic heterocycles. The fraction of sp³-hybridized carbons (Fsp3) is 0.250. The van der Waals surface area contributed by atoms with E-state index in [1.165, 1.54) is 12.8 Å². The van der Waals surface area contributed by atoms with Crippen molar-refractivity contribution in [3.63, 3.8) is 0 Å². The first-order valence-electron chi connectivity index (χ1n) is 8.01. The number of rotatable bonds is 4. The zero-order chi connectivity index (χ0) is 16.2. The number of Topliss-reactive ketones (excluding diaryl/α,β-unsaturated/α-hetero) is 1. The monoisotopic (exact) mass is 307 g/mol. The van der Waals surface area contributed by atoms with Crippen LogP contribution in [0.3, 0.4) is 0 Å². The molecule has 1 fully saturated rings. The number of ketones is 1. The first-order chi connectivity index (χ1) is 11.1. The number of carbonyl (C=O) groups excluding carboxylic acids is 1. The molecule has 3 nitrogen and oxygen atoms in total. The number of phenols is 1. The topological polar surface area (TPSA) is 40.5 Å². The lowest BCUT2D eigenvalue weighted by atomic mass is 9.99. The van der Waals surface area contributed by atoms with Crippen molar-refractivity contribution >= 4 is 23.1 Å². The van der Waals surface area contributed by atoms with Gasteiger partial charge in [0.2, 0.25) is 0 Å². The number of allylic oxidation sites excluding steroid dienone is 1. The predicted molar refractivity (Wildman–Crippen MR) is 94.5 cm³/mol. The third-order valence-corrected chi connectivity index (χ3v) is 4.25. The standard InChI is InChI=1S/C20H21NO2/c1-15(22)19(16-7-3-2-4-8-16)13-17-9-10-18(14-20(17)23)21-11-5-6-12-21/h2-4,7-10,13-14,23H,5-6,11-12H2,1H3/b19-13-. The summed E-state index contributed by atoms with van der Waals surface area (Å²) < 4.78 is 0. The zero-order valence-corrected chi connectivity index (χ0v) is 13.3. The Labute approximate surface area is 136 Å². The van der Waals surface area contributed by atoms with Gasteiger partial charge in [-0.05, 0) is 43.5 Å². The maximum Gasteiger partial charge on any atom is 0.160 e. The highest BCUT2D eigenvalue weighted by atomic mass is 16.3. The molecule has 2 aromatic rings. The van der Waals surface area contributed by atoms with Crippen LogP contribution >= 0.6 is 0 Å². The minimum atomic E-state index is -0.0146. The molecule has 0 amide bonds. The van der Waals surface area contributed by atoms with Crippen LogP contribution in [0.1, 0.15) is 30.9 Å². The molecule has 0 atom stereocenters. The van der Waals surface area contributed by atoms with E-state index in [9.17, 15) is 9.90 Å². The number of anilines is 1. The number of phenolic OH excluding ortho intramolecular Hbond substituents is 1. The van der Waals surface area contributed by atoms with Crippen LogP contribution in [0.4, 0.5) is 5.69 Å². The Kier molecular flexibility index (Phi) is 4.47. The van der Waals surface area contributed by atoms with Gasteiger partial charge in [-0.1, -0.05) is 30.3 Å². The van der Waals surface area contributed by atoms with Crippen molar-refractivity contribution in [3.8, 4) is 5.75 Å². The fourth-order valence-electron chi connectivity index (χ4n) is 2.99. The Hall–Kier alpha value is -2.55. The lowest BCUT2D eigenvalue weighted by Gasteiger charge is -2.18. The third-order valence-electron chi connectivity index (χ3n) is 4.25. The highest BCUT2D eigenvalue weighted by Gasteiger charge is 2.14. The maximum absolute atomic E-state index is 12.0. The Morgan fingerprint density at radius 1 is 1.09 bits per heavy atom. The van der Waals surface area contributed by atoms with Gasteiger partial charge in [-0.15, -0.1) is 0 Å². The molecule has 0 spiro atoms. The summed E-state index contributed by atoms with van der Waals surface area (Å²) in [6.07, 6.45) is 4.16. The average Bonchev–Trinajstić information content (AvgIpc) is 3.08. The molecule has 1 aliphatic rings. The first kappa shape index (κ1) is 15.3. The quantitative estimate of drug-likeness (QED) is 0.682. The summed E-state index contributed by atoms with van der Waals surface area (Å²) in [5.41, 5.74) is 3.18. The van der Waals surface area contributed by atoms with E-state index in [0.29, 0.717) is 11.1 Å². The van der Waals surface area contributed by atoms with Gasteiger partial charge in [0.25, 0.3) is 0 Å². The molecule has 0 bridgehead atoms. The van der Waals surface area contributed by atoms with E-state index in [1.54, 1.807) is 19.1 Å². The van der Waals surface area contributed by atoms with E-state index in [0.717, 1.165) is 24.3 Å². The second-order valence-electron chi connectivity index (χ2n) is 5.92. The van der Waals surface area contributed by atoms with Gasteiger partial charge in [0.05, 0.1) is 0 Å². The van der Waals surface area contributed by atoms with Crippen molar-refractivity contribution in [2.24, 2.45) is 0 Å². The van der Waals surface area contributed by atoms with Gasteiger partial charge in [0.15, 0.2) is 5.78 Å². The summed E-state index contributed by atoms with van der Waals surface area (Å²) in [6.45, 7) is 3.63. The highest BCUT2D eigenvalue weighted by molar-refractivity contribution is 6.24. The molecule has 3 heteroatoms. The highest BCUT2D eigenvalue weighted by Crippen LogP contribution is 2.30. The van der Waals surface area contributed by atoms with Gasteiger partial charge < -0.3 is 10.0 Å². The number of nitrogens with zero attached hydrogens (tertiary/aromatic N) is 1. The van der Waals surface area contributed by atoms with E-state index < -0.39 is 0 Å². The zero-order valence-electron chi connectivity index (χ0n) is 13.3. The number of hydrogen-bond acceptors (Lipinski definition) is 3. The van der Waals surface area contributed by atoms with E-state index in [4.69, 9.17) is 0 Å². The largest absolute Gasteiger partial charge is 0.507 e. The van der Waals surface area contributed by atoms with Crippen LogP contribution in [0.15, 0.2) is 48.5 Å². The lowest BCUT2D eigenvalue weighted by molar-refractivity contribution is -0.111. The van der Waals surface area contributed by atoms with Crippen molar-refractivity contribution < 1.29 is 9.90 Å². The van der Waals surface area contributed by atoms with Crippen LogP contribution in [0, 0.1) is 0 Å². The number of benzene rings is 2. The minimum absolute atomic E-state index is 0.0146. The molecule has 1 N–H and O–H groups in total. The van der Waals surface area contributed by atoms with Crippen molar-refractivity contribution in [1.82, 2.24) is 0 Å². The van der Waals surface area contributed by atoms with Crippen molar-refractivity contribution in [2.75, 3.05) is 18.0 Å². The van der Waals surface area contributed by atoms with Gasteiger partial charge in [-0.25, -0.2) is 0 Å². The molecular weight excluding hydrogens is 286 g/mol. The normalized spacial score (nSPS) is 15.0. The molecule has 0 unspecified atom stereocenters. The summed E-state index contributed by atoms with van der Waals surface area (Å²) in [5, 5.41) is 10.3. The summed E-state index contributed by atoms with van der Waals surface area (Å²) >= 11 is 0. The van der Waals surface area contributed by atoms with E-state index >= 15 is 0 Å². The van der Waals surface area contributed by atoms with Gasteiger partial charge in [-0.3, -0.25) is 4.79 Å². The van der Waals surface area contributed by atoms with Crippen LogP contribution < -0.4 is 4.90 Å². The third kappa shape index (κ3) is 3.45. The first-order valence-corrected chi connectivity index (χ1v) is 8.01. The van der Waals surface area contributed by atoms with E-state index in [1.807, 2.05) is 42.5 Å². The fourth-order valence-corrected chi connectivity index (χ4v) is 2.99. The van der Waals surface area contributed by atoms with Gasteiger partial charge in [0.1, 0.15) is 5.75 Å². The molecule has 0 aromatic heterocycles. The van der Waals surface area contributed by atoms with Crippen molar-refractivity contribution in [1.29, 1.82) is 0 Å². The van der Waals surface area contributed by atoms with Gasteiger partial charge in [0, 0.05) is 36.0 Å². The Bertz CT molecular complexity index is 729. The second-order valence-corrected chi connectivity index (χ2v) is 5.92. The van der Waals surface area contributed by atoms with Crippen LogP contribution in [-0.4, -0.2) is 24.0 Å². The maximum atomic E-state index is 12.0. The Balaban J connectivity index is 1.95. The van der Waals surface area contributed by atoms with Crippen LogP contribution in [0.2, 0.25) is 0 Å². The molecule has 1 saturated heterocycles. The SMILES string of the molecule is CC(=O)/C(=C/c1ccc(N2CCCC2)cc1O)c1ccccc1. The molecular formula is C20H21NO2. The molecule has 118 valence electrons. The smallest absolute Gasteiger partial charge is 0.160 e. The summed E-state index contributed by atoms with van der Waals surface area (Å²) in [7, 11) is 0. The number of aromatic hydroxyl groups is 1. The summed E-state index contributed by atoms with van der Waals surface area (Å²) in [6, 6.07) is 15.2. The van der Waals surface area contributed by atoms with Crippen molar-refractivity contribution in [2.45, 2.75) is 19.8 Å². The second kappa shape index (κ2) is 6.69. The van der Waals surface area contributed by atoms with E-state index in [2.05, 4.69) is 4.90 Å². The molecule has 0 saturated carbocycles. The van der Waals surface area contributed by atoms with Crippen LogP contribution in [0.25, 0.3) is 11.6 Å². The lowest BCUT2D eigenvalue weighted by Crippen LogP contribution is -2.17. The molecule has 23 heavy (non-hydrogen) atoms. The molecule has 2 aromatic carbocycles. The average molecular weight is 307 g/mol. The number of hydrogen-bond donors (Lipinski definition) is 1. The molecule has 0 radical (unpaired) electrons. The molecule has 3 rings (SSSR count). The van der Waals surface area contributed by atoms with E-state index in [-0.39, 0.29) is 11.5 Å². The molecule has 1 heterocycles. The summed E-state index contributed by atoms with van der Waals surface area (Å²) in [5.74, 6) is 0.198. The van der Waals surface area contributed by atoms with Gasteiger partial charge in [-0.2, -0.15) is 0 Å². The number of carbonyl (C=O) groups is 1. The molecule has 0 aliphatic carbocycles. The van der Waals surface area contributed by atoms with Crippen molar-refractivity contribution in [3.05, 3.63) is 59.7 Å². The Morgan fingerprint density at radius 3 is 2.39 bits per heavy atom. The van der Waals surface area contributed by atoms with Gasteiger partial charge >= 0.3 is 0 Å². The van der Waals surface area contributed by atoms with Crippen LogP contribution in [0.5, 0.6) is 5.75 Å². The summed E-state index contributed by atoms with van der Waals surface area (Å²) in [4.78, 5) is 14.3. The van der Waals surface area contributed by atoms with Crippen LogP contribution in [-0.2, 0) is 4.79 Å².